The lowest BCUT2D eigenvalue weighted by molar-refractivity contribution is -0.118. The van der Waals surface area contributed by atoms with Crippen molar-refractivity contribution in [2.75, 3.05) is 24.4 Å². The molecule has 0 spiro atoms. The van der Waals surface area contributed by atoms with Crippen LogP contribution >= 0.6 is 0 Å². The summed E-state index contributed by atoms with van der Waals surface area (Å²) in [5, 5.41) is 14.8. The molecule has 0 heterocycles. The minimum Gasteiger partial charge on any atom is -0.496 e. The highest BCUT2D eigenvalue weighted by molar-refractivity contribution is 5.91. The van der Waals surface area contributed by atoms with Crippen molar-refractivity contribution in [2.24, 2.45) is 0 Å². The number of amides is 1. The maximum atomic E-state index is 11.2. The third kappa shape index (κ3) is 5.00. The molecule has 0 aliphatic carbocycles. The summed E-state index contributed by atoms with van der Waals surface area (Å²) in [7, 11) is 1.67. The van der Waals surface area contributed by atoms with Crippen molar-refractivity contribution < 1.29 is 14.6 Å². The highest BCUT2D eigenvalue weighted by Crippen LogP contribution is 2.21. The van der Waals surface area contributed by atoms with Crippen LogP contribution in [0.3, 0.4) is 0 Å². The predicted octanol–water partition coefficient (Wildman–Crippen LogP) is 2.67. The first-order valence-corrected chi connectivity index (χ1v) is 7.51. The van der Waals surface area contributed by atoms with E-state index in [9.17, 15) is 4.79 Å². The van der Waals surface area contributed by atoms with E-state index in [1.807, 2.05) is 36.4 Å². The number of anilines is 2. The monoisotopic (exact) mass is 314 g/mol. The number of aliphatic hydroxyl groups excluding tert-OH is 1. The first kappa shape index (κ1) is 16.8. The fraction of sp³-hybridized carbons (Fsp3) is 0.278. The van der Waals surface area contributed by atoms with Crippen molar-refractivity contribution in [1.29, 1.82) is 0 Å². The smallest absolute Gasteiger partial charge is 0.250 e. The topological polar surface area (TPSA) is 70.6 Å². The number of nitrogens with one attached hydrogen (secondary N) is 2. The molecule has 122 valence electrons. The molecule has 5 nitrogen and oxygen atoms in total. The second-order valence-corrected chi connectivity index (χ2v) is 5.35. The van der Waals surface area contributed by atoms with Crippen molar-refractivity contribution in [3.63, 3.8) is 0 Å². The molecule has 0 saturated carbocycles. The number of carbonyl (C=O) groups excluding carboxylic acids is 1. The fourth-order valence-corrected chi connectivity index (χ4v) is 2.42. The Morgan fingerprint density at radius 1 is 1.17 bits per heavy atom. The summed E-state index contributed by atoms with van der Waals surface area (Å²) >= 11 is 0. The average molecular weight is 314 g/mol. The third-order valence-electron chi connectivity index (χ3n) is 3.42. The Morgan fingerprint density at radius 3 is 2.65 bits per heavy atom. The first-order chi connectivity index (χ1) is 11.1. The maximum Gasteiger partial charge on any atom is 0.250 e. The molecule has 2 aromatic rings. The molecule has 0 aromatic heterocycles. The van der Waals surface area contributed by atoms with Crippen LogP contribution in [0.25, 0.3) is 0 Å². The molecule has 0 aliphatic rings. The van der Waals surface area contributed by atoms with Gasteiger partial charge in [0.15, 0.2) is 0 Å². The lowest BCUT2D eigenvalue weighted by Crippen LogP contribution is -2.19. The molecule has 1 atom stereocenters. The van der Waals surface area contributed by atoms with Crippen LogP contribution < -0.4 is 15.4 Å². The second-order valence-electron chi connectivity index (χ2n) is 5.35. The van der Waals surface area contributed by atoms with Crippen molar-refractivity contribution >= 4 is 17.3 Å². The largest absolute Gasteiger partial charge is 0.496 e. The molecule has 2 aromatic carbocycles. The quantitative estimate of drug-likeness (QED) is 0.735. The van der Waals surface area contributed by atoms with Crippen LogP contribution in [0.2, 0.25) is 0 Å². The van der Waals surface area contributed by atoms with Gasteiger partial charge in [0.05, 0.1) is 7.11 Å². The summed E-state index contributed by atoms with van der Waals surface area (Å²) in [6.45, 7) is 1.56. The van der Waals surface area contributed by atoms with Crippen LogP contribution in [0.4, 0.5) is 11.4 Å². The molecule has 3 N–H and O–H groups in total. The zero-order valence-corrected chi connectivity index (χ0v) is 13.4. The van der Waals surface area contributed by atoms with Gasteiger partial charge in [-0.15, -0.1) is 0 Å². The van der Waals surface area contributed by atoms with Crippen molar-refractivity contribution in [1.82, 2.24) is 0 Å². The molecule has 1 unspecified atom stereocenters. The molecule has 23 heavy (non-hydrogen) atoms. The number of aliphatic hydroxyl groups is 1. The number of methoxy groups -OCH3 is 1. The number of carbonyl (C=O) groups is 1. The number of benzene rings is 2. The third-order valence-corrected chi connectivity index (χ3v) is 3.42. The minimum atomic E-state index is -0.526. The van der Waals surface area contributed by atoms with Crippen LogP contribution in [-0.4, -0.2) is 30.8 Å². The Hall–Kier alpha value is -2.53. The fourth-order valence-electron chi connectivity index (χ4n) is 2.42. The standard InChI is InChI=1S/C18H22N2O3/c1-13(10-14-6-3-4-9-17(14)23-2)19-15-7-5-8-16(11-15)20-18(22)12-21/h3-9,11,13,19,21H,10,12H2,1-2H3,(H,20,22). The molecule has 0 bridgehead atoms. The van der Waals surface area contributed by atoms with Gasteiger partial charge in [0, 0.05) is 17.4 Å². The Balaban J connectivity index is 2.01. The average Bonchev–Trinajstić information content (AvgIpc) is 2.55. The second kappa shape index (κ2) is 8.19. The minimum absolute atomic E-state index is 0.190. The summed E-state index contributed by atoms with van der Waals surface area (Å²) in [5.41, 5.74) is 2.70. The molecule has 1 amide bonds. The molecule has 0 saturated heterocycles. The van der Waals surface area contributed by atoms with E-state index in [-0.39, 0.29) is 6.04 Å². The van der Waals surface area contributed by atoms with E-state index < -0.39 is 12.5 Å². The van der Waals surface area contributed by atoms with Gasteiger partial charge in [-0.05, 0) is 43.2 Å². The molecule has 0 aliphatic heterocycles. The van der Waals surface area contributed by atoms with Gasteiger partial charge in [-0.3, -0.25) is 4.79 Å². The van der Waals surface area contributed by atoms with Crippen molar-refractivity contribution in [3.05, 3.63) is 54.1 Å². The van der Waals surface area contributed by atoms with Gasteiger partial charge >= 0.3 is 0 Å². The Bertz CT molecular complexity index is 658. The van der Waals surface area contributed by atoms with E-state index in [1.165, 1.54) is 0 Å². The summed E-state index contributed by atoms with van der Waals surface area (Å²) in [6, 6.07) is 15.6. The van der Waals surface area contributed by atoms with Crippen LogP contribution in [0.5, 0.6) is 5.75 Å². The van der Waals surface area contributed by atoms with Gasteiger partial charge < -0.3 is 20.5 Å². The predicted molar refractivity (Wildman–Crippen MR) is 91.9 cm³/mol. The zero-order valence-electron chi connectivity index (χ0n) is 13.4. The normalized spacial score (nSPS) is 11.6. The van der Waals surface area contributed by atoms with E-state index in [1.54, 1.807) is 13.2 Å². The summed E-state index contributed by atoms with van der Waals surface area (Å²) in [5.74, 6) is 0.453. The lowest BCUT2D eigenvalue weighted by Gasteiger charge is -2.17. The maximum absolute atomic E-state index is 11.2. The van der Waals surface area contributed by atoms with Gasteiger partial charge in [0.1, 0.15) is 12.4 Å². The van der Waals surface area contributed by atoms with Crippen LogP contribution in [0.15, 0.2) is 48.5 Å². The molecule has 0 radical (unpaired) electrons. The van der Waals surface area contributed by atoms with Crippen molar-refractivity contribution in [2.45, 2.75) is 19.4 Å². The van der Waals surface area contributed by atoms with Crippen molar-refractivity contribution in [3.8, 4) is 5.75 Å². The zero-order chi connectivity index (χ0) is 16.7. The first-order valence-electron chi connectivity index (χ1n) is 7.51. The van der Waals surface area contributed by atoms with E-state index in [2.05, 4.69) is 23.6 Å². The summed E-state index contributed by atoms with van der Waals surface area (Å²) in [4.78, 5) is 11.2. The van der Waals surface area contributed by atoms with E-state index in [4.69, 9.17) is 9.84 Å². The van der Waals surface area contributed by atoms with Gasteiger partial charge in [0.2, 0.25) is 5.91 Å². The molecule has 0 fully saturated rings. The molecular formula is C18H22N2O3. The number of rotatable bonds is 7. The van der Waals surface area contributed by atoms with Gasteiger partial charge in [-0.1, -0.05) is 24.3 Å². The molecule has 5 heteroatoms. The molecular weight excluding hydrogens is 292 g/mol. The number of para-hydroxylation sites is 1. The van der Waals surface area contributed by atoms with E-state index in [0.717, 1.165) is 23.4 Å². The highest BCUT2D eigenvalue weighted by Gasteiger charge is 2.08. The highest BCUT2D eigenvalue weighted by atomic mass is 16.5. The Morgan fingerprint density at radius 2 is 1.91 bits per heavy atom. The summed E-state index contributed by atoms with van der Waals surface area (Å²) in [6.07, 6.45) is 0.817. The van der Waals surface area contributed by atoms with Gasteiger partial charge in [-0.2, -0.15) is 0 Å². The van der Waals surface area contributed by atoms with Crippen LogP contribution in [0, 0.1) is 0 Å². The molecule has 2 rings (SSSR count). The summed E-state index contributed by atoms with van der Waals surface area (Å²) < 4.78 is 5.37. The lowest BCUT2D eigenvalue weighted by atomic mass is 10.1. The van der Waals surface area contributed by atoms with Gasteiger partial charge in [-0.25, -0.2) is 0 Å². The van der Waals surface area contributed by atoms with Crippen LogP contribution in [-0.2, 0) is 11.2 Å². The Kier molecular flexibility index (Phi) is 6.00. The number of hydrogen-bond donors (Lipinski definition) is 3. The number of ether oxygens (including phenoxy) is 1. The van der Waals surface area contributed by atoms with Crippen LogP contribution in [0.1, 0.15) is 12.5 Å². The van der Waals surface area contributed by atoms with E-state index >= 15 is 0 Å². The van der Waals surface area contributed by atoms with Gasteiger partial charge in [0.25, 0.3) is 0 Å². The SMILES string of the molecule is COc1ccccc1CC(C)Nc1cccc(NC(=O)CO)c1. The Labute approximate surface area is 136 Å². The van der Waals surface area contributed by atoms with E-state index in [0.29, 0.717) is 5.69 Å². The number of hydrogen-bond acceptors (Lipinski definition) is 4.